The van der Waals surface area contributed by atoms with Crippen LogP contribution in [0.25, 0.3) is 21.9 Å². The van der Waals surface area contributed by atoms with Gasteiger partial charge in [-0.3, -0.25) is 0 Å². The van der Waals surface area contributed by atoms with Crippen LogP contribution in [0.2, 0.25) is 0 Å². The molecule has 0 amide bonds. The van der Waals surface area contributed by atoms with E-state index in [2.05, 4.69) is 37.2 Å². The summed E-state index contributed by atoms with van der Waals surface area (Å²) >= 11 is 0. The van der Waals surface area contributed by atoms with Crippen LogP contribution in [0, 0.1) is 23.7 Å². The molecule has 7 nitrogen and oxygen atoms in total. The van der Waals surface area contributed by atoms with Crippen LogP contribution in [0.5, 0.6) is 5.75 Å². The summed E-state index contributed by atoms with van der Waals surface area (Å²) in [5.41, 5.74) is -0.706. The fourth-order valence-electron chi connectivity index (χ4n) is 4.01. The van der Waals surface area contributed by atoms with Gasteiger partial charge in [0.15, 0.2) is 0 Å². The third-order valence-corrected chi connectivity index (χ3v) is 6.43. The SMILES string of the molecule is C=CC(O)C#CC#CC(/C=C\CCCCCCC)OC(C)(C)C(O)COc1c2ccoc2cc2oc(=O)ccc12. The average molecular weight is 547 g/mol. The molecule has 0 aliphatic heterocycles. The molecule has 212 valence electrons. The van der Waals surface area contributed by atoms with Gasteiger partial charge in [0, 0.05) is 12.1 Å². The lowest BCUT2D eigenvalue weighted by molar-refractivity contribution is -0.118. The zero-order valence-corrected chi connectivity index (χ0v) is 23.4. The summed E-state index contributed by atoms with van der Waals surface area (Å²) in [5.74, 6) is 11.3. The lowest BCUT2D eigenvalue weighted by Crippen LogP contribution is -2.44. The first kappa shape index (κ1) is 30.8. The van der Waals surface area contributed by atoms with Crippen molar-refractivity contribution in [2.24, 2.45) is 0 Å². The molecule has 2 heterocycles. The van der Waals surface area contributed by atoms with E-state index in [0.29, 0.717) is 27.7 Å². The first-order valence-corrected chi connectivity index (χ1v) is 13.7. The van der Waals surface area contributed by atoms with Crippen molar-refractivity contribution < 1.29 is 28.5 Å². The summed E-state index contributed by atoms with van der Waals surface area (Å²) < 4.78 is 23.1. The van der Waals surface area contributed by atoms with Gasteiger partial charge in [-0.1, -0.05) is 63.2 Å². The average Bonchev–Trinajstić information content (AvgIpc) is 3.40. The van der Waals surface area contributed by atoms with Crippen LogP contribution in [0.1, 0.15) is 59.3 Å². The van der Waals surface area contributed by atoms with Crippen molar-refractivity contribution in [2.45, 2.75) is 83.2 Å². The molecular formula is C33H38O7. The quantitative estimate of drug-likeness (QED) is 0.112. The van der Waals surface area contributed by atoms with Gasteiger partial charge in [0.25, 0.3) is 0 Å². The Labute approximate surface area is 235 Å². The molecule has 0 radical (unpaired) electrons. The van der Waals surface area contributed by atoms with Crippen LogP contribution in [0.4, 0.5) is 0 Å². The molecule has 0 spiro atoms. The number of hydrogen-bond acceptors (Lipinski definition) is 7. The highest BCUT2D eigenvalue weighted by molar-refractivity contribution is 6.01. The molecule has 2 aromatic heterocycles. The number of unbranched alkanes of at least 4 members (excludes halogenated alkanes) is 5. The molecule has 0 fully saturated rings. The maximum absolute atomic E-state index is 11.7. The van der Waals surface area contributed by atoms with Crippen LogP contribution in [-0.4, -0.2) is 40.7 Å². The molecule has 2 N–H and O–H groups in total. The second kappa shape index (κ2) is 15.1. The Morgan fingerprint density at radius 1 is 1.05 bits per heavy atom. The van der Waals surface area contributed by atoms with Gasteiger partial charge in [0.1, 0.15) is 41.8 Å². The second-order valence-electron chi connectivity index (χ2n) is 10.0. The number of benzene rings is 1. The molecule has 1 aromatic carbocycles. The van der Waals surface area contributed by atoms with Crippen LogP contribution < -0.4 is 10.4 Å². The minimum absolute atomic E-state index is 0.0991. The largest absolute Gasteiger partial charge is 0.489 e. The Morgan fingerprint density at radius 3 is 2.58 bits per heavy atom. The van der Waals surface area contributed by atoms with Crippen LogP contribution in [-0.2, 0) is 4.74 Å². The van der Waals surface area contributed by atoms with E-state index in [4.69, 9.17) is 18.3 Å². The molecule has 0 saturated carbocycles. The number of furan rings is 1. The Hall–Kier alpha value is -3.75. The van der Waals surface area contributed by atoms with Gasteiger partial charge in [0.2, 0.25) is 0 Å². The van der Waals surface area contributed by atoms with E-state index in [-0.39, 0.29) is 6.61 Å². The highest BCUT2D eigenvalue weighted by atomic mass is 16.5. The van der Waals surface area contributed by atoms with Crippen molar-refractivity contribution in [3.8, 4) is 29.4 Å². The minimum Gasteiger partial charge on any atom is -0.489 e. The summed E-state index contributed by atoms with van der Waals surface area (Å²) in [5, 5.41) is 21.9. The lowest BCUT2D eigenvalue weighted by atomic mass is 10.0. The maximum atomic E-state index is 11.7. The number of allylic oxidation sites excluding steroid dienone is 1. The van der Waals surface area contributed by atoms with Gasteiger partial charge in [-0.15, -0.1) is 0 Å². The van der Waals surface area contributed by atoms with Gasteiger partial charge in [0.05, 0.1) is 22.6 Å². The fourth-order valence-corrected chi connectivity index (χ4v) is 4.01. The van der Waals surface area contributed by atoms with Crippen molar-refractivity contribution in [3.63, 3.8) is 0 Å². The summed E-state index contributed by atoms with van der Waals surface area (Å²) in [6.45, 7) is 9.11. The lowest BCUT2D eigenvalue weighted by Gasteiger charge is -2.32. The van der Waals surface area contributed by atoms with E-state index >= 15 is 0 Å². The fraction of sp³-hybridized carbons (Fsp3) is 0.424. The summed E-state index contributed by atoms with van der Waals surface area (Å²) in [4.78, 5) is 11.7. The van der Waals surface area contributed by atoms with E-state index in [1.54, 1.807) is 32.0 Å². The molecule has 7 heteroatoms. The molecule has 0 bridgehead atoms. The van der Waals surface area contributed by atoms with Crippen LogP contribution in [0.15, 0.2) is 69.0 Å². The second-order valence-corrected chi connectivity index (χ2v) is 10.0. The number of hydrogen-bond donors (Lipinski definition) is 2. The molecule has 40 heavy (non-hydrogen) atoms. The minimum atomic E-state index is -1.05. The molecule has 3 atom stereocenters. The normalized spacial score (nSPS) is 13.8. The Balaban J connectivity index is 1.73. The van der Waals surface area contributed by atoms with Gasteiger partial charge >= 0.3 is 5.63 Å². The van der Waals surface area contributed by atoms with Gasteiger partial charge in [-0.05, 0) is 56.7 Å². The molecule has 0 aliphatic carbocycles. The third kappa shape index (κ3) is 8.89. The molecule has 0 aliphatic rings. The first-order chi connectivity index (χ1) is 19.2. The smallest absolute Gasteiger partial charge is 0.336 e. The highest BCUT2D eigenvalue weighted by Gasteiger charge is 2.32. The maximum Gasteiger partial charge on any atom is 0.336 e. The molecule has 0 saturated heterocycles. The van der Waals surface area contributed by atoms with Crippen molar-refractivity contribution in [2.75, 3.05) is 6.61 Å². The van der Waals surface area contributed by atoms with Gasteiger partial charge in [-0.2, -0.15) is 0 Å². The monoisotopic (exact) mass is 546 g/mol. The summed E-state index contributed by atoms with van der Waals surface area (Å²) in [7, 11) is 0. The zero-order chi connectivity index (χ0) is 29.0. The van der Waals surface area contributed by atoms with Crippen molar-refractivity contribution in [1.82, 2.24) is 0 Å². The van der Waals surface area contributed by atoms with E-state index in [1.807, 2.05) is 12.2 Å². The summed E-state index contributed by atoms with van der Waals surface area (Å²) in [6.07, 6.45) is 10.9. The van der Waals surface area contributed by atoms with E-state index in [9.17, 15) is 15.0 Å². The predicted molar refractivity (Wildman–Crippen MR) is 157 cm³/mol. The van der Waals surface area contributed by atoms with E-state index < -0.39 is 29.5 Å². The number of fused-ring (bicyclic) bond motifs is 2. The van der Waals surface area contributed by atoms with Gasteiger partial charge < -0.3 is 28.5 Å². The first-order valence-electron chi connectivity index (χ1n) is 13.7. The number of ether oxygens (including phenoxy) is 2. The molecular weight excluding hydrogens is 508 g/mol. The Kier molecular flexibility index (Phi) is 11.7. The number of aliphatic hydroxyl groups is 2. The van der Waals surface area contributed by atoms with Crippen molar-refractivity contribution in [1.29, 1.82) is 0 Å². The van der Waals surface area contributed by atoms with Crippen molar-refractivity contribution >= 4 is 21.9 Å². The zero-order valence-electron chi connectivity index (χ0n) is 23.4. The van der Waals surface area contributed by atoms with E-state index in [0.717, 1.165) is 12.8 Å². The molecule has 3 unspecified atom stereocenters. The Morgan fingerprint density at radius 2 is 1.80 bits per heavy atom. The number of aliphatic hydroxyl groups excluding tert-OH is 2. The molecule has 3 aromatic rings. The van der Waals surface area contributed by atoms with Crippen LogP contribution >= 0.6 is 0 Å². The Bertz CT molecular complexity index is 1470. The van der Waals surface area contributed by atoms with E-state index in [1.165, 1.54) is 44.1 Å². The number of rotatable bonds is 14. The standard InChI is InChI=1S/C33H38O7/c1-5-7-8-9-10-11-12-16-25(17-14-13-15-24(34)6-2)40-33(3,4)30(35)23-38-32-26-18-19-31(36)39-29(26)22-28-27(32)20-21-37-28/h6,12,16,18-22,24-25,30,34-35H,2,5,7-11,23H2,1,3-4H3/b16-12-. The predicted octanol–water partition coefficient (Wildman–Crippen LogP) is 5.91. The van der Waals surface area contributed by atoms with Crippen LogP contribution in [0.3, 0.4) is 0 Å². The van der Waals surface area contributed by atoms with Crippen molar-refractivity contribution in [3.05, 3.63) is 65.8 Å². The highest BCUT2D eigenvalue weighted by Crippen LogP contribution is 2.35. The third-order valence-electron chi connectivity index (χ3n) is 6.43. The topological polar surface area (TPSA) is 102 Å². The molecule has 3 rings (SSSR count). The van der Waals surface area contributed by atoms with Gasteiger partial charge in [-0.25, -0.2) is 4.79 Å². The summed E-state index contributed by atoms with van der Waals surface area (Å²) in [6, 6.07) is 6.34.